The van der Waals surface area contributed by atoms with E-state index in [1.165, 1.54) is 18.1 Å². The Bertz CT molecular complexity index is 265. The summed E-state index contributed by atoms with van der Waals surface area (Å²) >= 11 is 0. The molecular weight excluding hydrogens is 240 g/mol. The Labute approximate surface area is 113 Å². The minimum absolute atomic E-state index is 0.296. The van der Waals surface area contributed by atoms with E-state index in [0.29, 0.717) is 24.4 Å². The summed E-state index contributed by atoms with van der Waals surface area (Å²) in [5, 5.41) is 0. The minimum atomic E-state index is -1.55. The zero-order chi connectivity index (χ0) is 13.6. The second-order valence-electron chi connectivity index (χ2n) is 5.44. The molecule has 0 unspecified atom stereocenters. The summed E-state index contributed by atoms with van der Waals surface area (Å²) in [6, 6.07) is 3.55. The van der Waals surface area contributed by atoms with Crippen LogP contribution in [0.5, 0.6) is 0 Å². The van der Waals surface area contributed by atoms with Crippen LogP contribution in [-0.2, 0) is 9.22 Å². The van der Waals surface area contributed by atoms with Gasteiger partial charge in [-0.1, -0.05) is 26.8 Å². The Balaban J connectivity index is 2.75. The highest BCUT2D eigenvalue weighted by molar-refractivity contribution is 6.73. The smallest absolute Gasteiger partial charge is 0.192 e. The van der Waals surface area contributed by atoms with Crippen molar-refractivity contribution in [3.63, 3.8) is 0 Å². The first-order valence-corrected chi connectivity index (χ1v) is 9.93. The lowest BCUT2D eigenvalue weighted by atomic mass is 9.92. The van der Waals surface area contributed by atoms with Gasteiger partial charge in [0.1, 0.15) is 6.29 Å². The maximum absolute atomic E-state index is 10.9. The molecular formula is C15H28O2Si. The van der Waals surface area contributed by atoms with Crippen molar-refractivity contribution in [3.05, 3.63) is 12.7 Å². The average Bonchev–Trinajstić information content (AvgIpc) is 2.79. The van der Waals surface area contributed by atoms with Crippen LogP contribution in [0.25, 0.3) is 0 Å². The third-order valence-corrected chi connectivity index (χ3v) is 9.49. The van der Waals surface area contributed by atoms with E-state index in [2.05, 4.69) is 27.4 Å². The van der Waals surface area contributed by atoms with Crippen molar-refractivity contribution in [1.82, 2.24) is 0 Å². The van der Waals surface area contributed by atoms with E-state index in [1.807, 2.05) is 6.08 Å². The molecule has 1 fully saturated rings. The molecule has 0 spiro atoms. The second-order valence-corrected chi connectivity index (χ2v) is 10.2. The lowest BCUT2D eigenvalue weighted by Gasteiger charge is -2.34. The van der Waals surface area contributed by atoms with Gasteiger partial charge < -0.3 is 9.22 Å². The third kappa shape index (κ3) is 3.32. The molecule has 0 radical (unpaired) electrons. The van der Waals surface area contributed by atoms with E-state index in [0.717, 1.165) is 19.1 Å². The predicted molar refractivity (Wildman–Crippen MR) is 79.2 cm³/mol. The van der Waals surface area contributed by atoms with Gasteiger partial charge in [0.25, 0.3) is 0 Å². The van der Waals surface area contributed by atoms with Crippen LogP contribution < -0.4 is 0 Å². The van der Waals surface area contributed by atoms with Crippen molar-refractivity contribution < 1.29 is 9.22 Å². The number of hydrogen-bond donors (Lipinski definition) is 0. The quantitative estimate of drug-likeness (QED) is 0.375. The molecule has 2 nitrogen and oxygen atoms in total. The van der Waals surface area contributed by atoms with E-state index >= 15 is 0 Å². The molecule has 1 saturated carbocycles. The third-order valence-electron chi connectivity index (χ3n) is 4.82. The van der Waals surface area contributed by atoms with E-state index in [1.54, 1.807) is 0 Å². The summed E-state index contributed by atoms with van der Waals surface area (Å²) in [6.07, 6.45) is 6.23. The molecule has 0 bridgehead atoms. The van der Waals surface area contributed by atoms with Crippen LogP contribution in [0.1, 0.15) is 40.0 Å². The summed E-state index contributed by atoms with van der Waals surface area (Å²) in [5.41, 5.74) is 0. The van der Waals surface area contributed by atoms with Crippen molar-refractivity contribution in [2.24, 2.45) is 11.8 Å². The van der Waals surface area contributed by atoms with Crippen LogP contribution in [0.3, 0.4) is 0 Å². The maximum Gasteiger partial charge on any atom is 0.192 e. The molecule has 0 aromatic heterocycles. The zero-order valence-corrected chi connectivity index (χ0v) is 13.2. The summed E-state index contributed by atoms with van der Waals surface area (Å²) in [4.78, 5) is 10.9. The predicted octanol–water partition coefficient (Wildman–Crippen LogP) is 4.18. The highest BCUT2D eigenvalue weighted by atomic mass is 28.4. The Morgan fingerprint density at radius 3 is 2.28 bits per heavy atom. The molecule has 0 saturated heterocycles. The lowest BCUT2D eigenvalue weighted by Crippen LogP contribution is -2.41. The molecule has 0 aromatic carbocycles. The molecule has 0 amide bonds. The van der Waals surface area contributed by atoms with E-state index in [-0.39, 0.29) is 0 Å². The molecule has 1 aliphatic rings. The van der Waals surface area contributed by atoms with Crippen LogP contribution >= 0.6 is 0 Å². The lowest BCUT2D eigenvalue weighted by molar-refractivity contribution is -0.109. The fourth-order valence-corrected chi connectivity index (χ4v) is 6.19. The Hall–Kier alpha value is -0.413. The normalized spacial score (nSPS) is 28.3. The molecule has 0 aliphatic heterocycles. The average molecular weight is 268 g/mol. The molecule has 1 rings (SSSR count). The van der Waals surface area contributed by atoms with E-state index in [4.69, 9.17) is 4.43 Å². The summed E-state index contributed by atoms with van der Waals surface area (Å²) < 4.78 is 6.58. The number of allylic oxidation sites excluding steroid dienone is 1. The van der Waals surface area contributed by atoms with Crippen molar-refractivity contribution in [2.45, 2.75) is 64.3 Å². The Morgan fingerprint density at radius 1 is 1.22 bits per heavy atom. The van der Waals surface area contributed by atoms with Gasteiger partial charge in [-0.3, -0.25) is 0 Å². The molecule has 3 atom stereocenters. The summed E-state index contributed by atoms with van der Waals surface area (Å²) in [6.45, 7) is 10.7. The molecule has 0 aromatic rings. The molecule has 0 heterocycles. The zero-order valence-electron chi connectivity index (χ0n) is 12.2. The number of carbonyl (C=O) groups excluding carboxylic acids is 1. The molecule has 0 N–H and O–H groups in total. The first-order chi connectivity index (χ1) is 8.66. The standard InChI is InChI=1S/C15H28O2Si/c1-5-13-9-10-15(14(13)11-12-16)17-18(6-2,7-3)8-4/h5,12-15H,1,6-11H2,2-4H3/t13-,14+,15+/m0/s1. The second kappa shape index (κ2) is 7.24. The maximum atomic E-state index is 10.9. The monoisotopic (exact) mass is 268 g/mol. The van der Waals surface area contributed by atoms with Crippen LogP contribution in [0.4, 0.5) is 0 Å². The van der Waals surface area contributed by atoms with Gasteiger partial charge >= 0.3 is 0 Å². The highest BCUT2D eigenvalue weighted by Crippen LogP contribution is 2.39. The highest BCUT2D eigenvalue weighted by Gasteiger charge is 2.40. The van der Waals surface area contributed by atoms with Gasteiger partial charge in [-0.2, -0.15) is 0 Å². The van der Waals surface area contributed by atoms with Gasteiger partial charge in [0.05, 0.1) is 0 Å². The van der Waals surface area contributed by atoms with Gasteiger partial charge in [-0.15, -0.1) is 6.58 Å². The van der Waals surface area contributed by atoms with Crippen molar-refractivity contribution >= 4 is 14.6 Å². The first kappa shape index (κ1) is 15.6. The molecule has 3 heteroatoms. The van der Waals surface area contributed by atoms with Gasteiger partial charge in [0.2, 0.25) is 0 Å². The van der Waals surface area contributed by atoms with Crippen LogP contribution in [0, 0.1) is 11.8 Å². The fraction of sp³-hybridized carbons (Fsp3) is 0.800. The molecule has 104 valence electrons. The Morgan fingerprint density at radius 2 is 1.83 bits per heavy atom. The van der Waals surface area contributed by atoms with Gasteiger partial charge in [-0.25, -0.2) is 0 Å². The van der Waals surface area contributed by atoms with Crippen LogP contribution in [-0.4, -0.2) is 20.7 Å². The van der Waals surface area contributed by atoms with Crippen LogP contribution in [0.2, 0.25) is 18.1 Å². The van der Waals surface area contributed by atoms with Crippen molar-refractivity contribution in [2.75, 3.05) is 0 Å². The SMILES string of the molecule is C=C[C@H]1CC[C@@H](O[Si](CC)(CC)CC)[C@@H]1CC=O. The Kier molecular flexibility index (Phi) is 6.30. The number of hydrogen-bond acceptors (Lipinski definition) is 2. The van der Waals surface area contributed by atoms with Gasteiger partial charge in [0.15, 0.2) is 8.32 Å². The largest absolute Gasteiger partial charge is 0.414 e. The summed E-state index contributed by atoms with van der Waals surface area (Å²) in [5.74, 6) is 0.842. The van der Waals surface area contributed by atoms with Gasteiger partial charge in [-0.05, 0) is 42.8 Å². The number of rotatable bonds is 8. The minimum Gasteiger partial charge on any atom is -0.414 e. The van der Waals surface area contributed by atoms with Gasteiger partial charge in [0, 0.05) is 12.5 Å². The first-order valence-electron chi connectivity index (χ1n) is 7.40. The summed E-state index contributed by atoms with van der Waals surface area (Å²) in [7, 11) is -1.55. The fourth-order valence-electron chi connectivity index (χ4n) is 3.26. The topological polar surface area (TPSA) is 26.3 Å². The number of carbonyl (C=O) groups is 1. The van der Waals surface area contributed by atoms with E-state index in [9.17, 15) is 4.79 Å². The van der Waals surface area contributed by atoms with Crippen molar-refractivity contribution in [3.8, 4) is 0 Å². The van der Waals surface area contributed by atoms with E-state index < -0.39 is 8.32 Å². The van der Waals surface area contributed by atoms with Crippen molar-refractivity contribution in [1.29, 1.82) is 0 Å². The molecule has 1 aliphatic carbocycles. The number of aldehydes is 1. The molecule has 18 heavy (non-hydrogen) atoms. The van der Waals surface area contributed by atoms with Crippen LogP contribution in [0.15, 0.2) is 12.7 Å².